The third kappa shape index (κ3) is 1.76. The molecule has 0 heterocycles. The van der Waals surface area contributed by atoms with Gasteiger partial charge < -0.3 is 0 Å². The number of hydrogen-bond acceptors (Lipinski definition) is 2. The summed E-state index contributed by atoms with van der Waals surface area (Å²) in [5, 5.41) is -5.41. The predicted octanol–water partition coefficient (Wildman–Crippen LogP) is 2.54. The van der Waals surface area contributed by atoms with E-state index in [1.807, 2.05) is 0 Å². The van der Waals surface area contributed by atoms with Crippen molar-refractivity contribution in [3.8, 4) is 0 Å². The van der Waals surface area contributed by atoms with E-state index in [9.17, 15) is 26.0 Å². The topological polar surface area (TPSA) is 54.4 Å². The van der Waals surface area contributed by atoms with E-state index in [0.717, 1.165) is 6.42 Å². The summed E-state index contributed by atoms with van der Waals surface area (Å²) in [6.07, 6.45) is 1.51. The van der Waals surface area contributed by atoms with Gasteiger partial charge in [0.2, 0.25) is 0 Å². The molecule has 17 heavy (non-hydrogen) atoms. The summed E-state index contributed by atoms with van der Waals surface area (Å²) < 4.78 is 82.4. The van der Waals surface area contributed by atoms with Crippen molar-refractivity contribution in [3.05, 3.63) is 0 Å². The van der Waals surface area contributed by atoms with Crippen LogP contribution in [0.3, 0.4) is 0 Å². The molecule has 0 aromatic heterocycles. The van der Waals surface area contributed by atoms with Crippen LogP contribution in [0.4, 0.5) is 17.6 Å². The molecule has 0 spiro atoms. The molecule has 0 aliphatic heterocycles. The molecule has 2 rings (SSSR count). The van der Waals surface area contributed by atoms with Gasteiger partial charge in [0.15, 0.2) is 0 Å². The minimum Gasteiger partial charge on any atom is -0.281 e. The molecule has 0 radical (unpaired) electrons. The van der Waals surface area contributed by atoms with Crippen LogP contribution in [-0.4, -0.2) is 24.1 Å². The van der Waals surface area contributed by atoms with Gasteiger partial charge in [-0.1, -0.05) is 6.42 Å². The zero-order chi connectivity index (χ0) is 13.1. The fourth-order valence-electron chi connectivity index (χ4n) is 3.08. The summed E-state index contributed by atoms with van der Waals surface area (Å²) >= 11 is 0. The smallest absolute Gasteiger partial charge is 0.281 e. The maximum atomic E-state index is 13.6. The second-order valence-electron chi connectivity index (χ2n) is 4.90. The first-order valence-electron chi connectivity index (χ1n) is 5.30. The van der Waals surface area contributed by atoms with Gasteiger partial charge in [0, 0.05) is 5.92 Å². The number of hydrogen-bond donors (Lipinski definition) is 1. The lowest BCUT2D eigenvalue weighted by atomic mass is 9.84. The highest BCUT2D eigenvalue weighted by molar-refractivity contribution is 7.87. The van der Waals surface area contributed by atoms with Gasteiger partial charge in [-0.3, -0.25) is 4.55 Å². The van der Waals surface area contributed by atoms with E-state index < -0.39 is 33.1 Å². The van der Waals surface area contributed by atoms with Crippen LogP contribution in [0.1, 0.15) is 25.7 Å². The standard InChI is InChI=1S/C9H12F4O3S/c10-8(11,9(12,13)17(14,15)16)7-4-5-1-2-6(7)3-5/h5-7H,1-4H2,(H,14,15,16)/t5-,6+,7?/m1/s1. The molecule has 2 fully saturated rings. The number of alkyl halides is 4. The van der Waals surface area contributed by atoms with Crippen LogP contribution in [-0.2, 0) is 10.1 Å². The first-order chi connectivity index (χ1) is 7.57. The monoisotopic (exact) mass is 276 g/mol. The Kier molecular flexibility index (Phi) is 2.74. The van der Waals surface area contributed by atoms with Gasteiger partial charge in [-0.15, -0.1) is 0 Å². The molecule has 1 N–H and O–H groups in total. The summed E-state index contributed by atoms with van der Waals surface area (Å²) in [4.78, 5) is 0. The molecule has 0 aromatic rings. The Hall–Kier alpha value is -0.370. The molecular weight excluding hydrogens is 264 g/mol. The SMILES string of the molecule is O=S(=O)(O)C(F)(F)C(F)(F)C1C[C@@H]2CC[C@H]1C2. The Balaban J connectivity index is 2.31. The second-order valence-corrected chi connectivity index (χ2v) is 6.36. The van der Waals surface area contributed by atoms with Crippen molar-refractivity contribution in [1.82, 2.24) is 0 Å². The summed E-state index contributed by atoms with van der Waals surface area (Å²) in [5.41, 5.74) is 0. The lowest BCUT2D eigenvalue weighted by molar-refractivity contribution is -0.202. The molecule has 2 aliphatic carbocycles. The van der Waals surface area contributed by atoms with Crippen LogP contribution >= 0.6 is 0 Å². The van der Waals surface area contributed by atoms with E-state index in [1.165, 1.54) is 0 Å². The highest BCUT2D eigenvalue weighted by Gasteiger charge is 2.71. The van der Waals surface area contributed by atoms with Crippen molar-refractivity contribution in [2.24, 2.45) is 17.8 Å². The highest BCUT2D eigenvalue weighted by atomic mass is 32.2. The second kappa shape index (κ2) is 3.57. The van der Waals surface area contributed by atoms with E-state index >= 15 is 0 Å². The van der Waals surface area contributed by atoms with Gasteiger partial charge in [0.1, 0.15) is 0 Å². The summed E-state index contributed by atoms with van der Waals surface area (Å²) in [7, 11) is -6.10. The van der Waals surface area contributed by atoms with Crippen LogP contribution in [0, 0.1) is 17.8 Å². The largest absolute Gasteiger partial charge is 0.431 e. The molecule has 2 saturated carbocycles. The minimum absolute atomic E-state index is 0.0203. The fourth-order valence-corrected chi connectivity index (χ4v) is 3.57. The van der Waals surface area contributed by atoms with Crippen molar-refractivity contribution in [1.29, 1.82) is 0 Å². The Morgan fingerprint density at radius 1 is 1.06 bits per heavy atom. The predicted molar refractivity (Wildman–Crippen MR) is 50.4 cm³/mol. The van der Waals surface area contributed by atoms with Crippen LogP contribution in [0.15, 0.2) is 0 Å². The zero-order valence-corrected chi connectivity index (χ0v) is 9.56. The van der Waals surface area contributed by atoms with Gasteiger partial charge in [-0.25, -0.2) is 0 Å². The van der Waals surface area contributed by atoms with Crippen LogP contribution in [0.25, 0.3) is 0 Å². The molecule has 1 unspecified atom stereocenters. The zero-order valence-electron chi connectivity index (χ0n) is 8.74. The molecule has 3 atom stereocenters. The average molecular weight is 276 g/mol. The van der Waals surface area contributed by atoms with Crippen molar-refractivity contribution < 1.29 is 30.5 Å². The van der Waals surface area contributed by atoms with Gasteiger partial charge in [0.25, 0.3) is 0 Å². The lowest BCUT2D eigenvalue weighted by Gasteiger charge is -2.33. The molecule has 2 aliphatic rings. The van der Waals surface area contributed by atoms with Gasteiger partial charge in [0.05, 0.1) is 0 Å². The fraction of sp³-hybridized carbons (Fsp3) is 1.00. The van der Waals surface area contributed by atoms with E-state index in [2.05, 4.69) is 0 Å². The third-order valence-corrected chi connectivity index (χ3v) is 4.84. The Morgan fingerprint density at radius 3 is 2.00 bits per heavy atom. The van der Waals surface area contributed by atoms with E-state index in [4.69, 9.17) is 4.55 Å². The Morgan fingerprint density at radius 2 is 1.65 bits per heavy atom. The number of rotatable bonds is 3. The van der Waals surface area contributed by atoms with Crippen molar-refractivity contribution in [2.45, 2.75) is 36.9 Å². The number of halogens is 4. The summed E-state index contributed by atoms with van der Waals surface area (Å²) in [5.74, 6) is -6.95. The van der Waals surface area contributed by atoms with Crippen LogP contribution in [0.5, 0.6) is 0 Å². The molecule has 100 valence electrons. The van der Waals surface area contributed by atoms with Gasteiger partial charge >= 0.3 is 21.3 Å². The first kappa shape index (κ1) is 13.1. The molecule has 3 nitrogen and oxygen atoms in total. The summed E-state index contributed by atoms with van der Waals surface area (Å²) in [6, 6.07) is 0. The van der Waals surface area contributed by atoms with Crippen LogP contribution < -0.4 is 0 Å². The lowest BCUT2D eigenvalue weighted by Crippen LogP contribution is -2.52. The molecular formula is C9H12F4O3S. The van der Waals surface area contributed by atoms with Crippen molar-refractivity contribution in [3.63, 3.8) is 0 Å². The third-order valence-electron chi connectivity index (χ3n) is 3.92. The minimum atomic E-state index is -6.10. The normalized spacial score (nSPS) is 34.3. The van der Waals surface area contributed by atoms with Crippen molar-refractivity contribution in [2.75, 3.05) is 0 Å². The van der Waals surface area contributed by atoms with Gasteiger partial charge in [-0.2, -0.15) is 26.0 Å². The van der Waals surface area contributed by atoms with E-state index in [0.29, 0.717) is 12.8 Å². The van der Waals surface area contributed by atoms with E-state index in [1.54, 1.807) is 0 Å². The highest BCUT2D eigenvalue weighted by Crippen LogP contribution is 2.58. The summed E-state index contributed by atoms with van der Waals surface area (Å²) in [6.45, 7) is 0. The first-order valence-corrected chi connectivity index (χ1v) is 6.74. The Labute approximate surface area is 95.9 Å². The number of fused-ring (bicyclic) bond motifs is 2. The molecule has 0 amide bonds. The van der Waals surface area contributed by atoms with Crippen LogP contribution in [0.2, 0.25) is 0 Å². The molecule has 8 heteroatoms. The van der Waals surface area contributed by atoms with E-state index in [-0.39, 0.29) is 12.3 Å². The molecule has 0 saturated heterocycles. The maximum Gasteiger partial charge on any atom is 0.431 e. The average Bonchev–Trinajstić information content (AvgIpc) is 2.76. The van der Waals surface area contributed by atoms with Gasteiger partial charge in [-0.05, 0) is 31.1 Å². The maximum absolute atomic E-state index is 13.6. The van der Waals surface area contributed by atoms with Crippen molar-refractivity contribution >= 4 is 10.1 Å². The molecule has 0 aromatic carbocycles. The molecule has 2 bridgehead atoms. The Bertz CT molecular complexity index is 420. The quantitative estimate of drug-likeness (QED) is 0.636.